The molecular formula is C16H21F3IN5O. The van der Waals surface area contributed by atoms with Crippen molar-refractivity contribution in [3.05, 3.63) is 47.8 Å². The summed E-state index contributed by atoms with van der Waals surface area (Å²) in [6.07, 6.45) is -3.15. The Labute approximate surface area is 166 Å². The summed E-state index contributed by atoms with van der Waals surface area (Å²) in [6, 6.07) is 9.32. The fourth-order valence-electron chi connectivity index (χ4n) is 2.16. The lowest BCUT2D eigenvalue weighted by Crippen LogP contribution is -2.39. The van der Waals surface area contributed by atoms with E-state index in [0.29, 0.717) is 19.1 Å². The summed E-state index contributed by atoms with van der Waals surface area (Å²) in [6.45, 7) is 0.807. The molecule has 6 nitrogen and oxygen atoms in total. The van der Waals surface area contributed by atoms with Crippen LogP contribution in [0.5, 0.6) is 5.75 Å². The minimum atomic E-state index is -4.49. The third kappa shape index (κ3) is 6.73. The van der Waals surface area contributed by atoms with E-state index in [1.165, 1.54) is 13.2 Å². The molecule has 0 amide bonds. The topological polar surface area (TPSA) is 63.5 Å². The Kier molecular flexibility index (Phi) is 8.69. The number of hydrogen-bond donors (Lipinski definition) is 2. The van der Waals surface area contributed by atoms with Crippen LogP contribution in [0.3, 0.4) is 0 Å². The van der Waals surface area contributed by atoms with E-state index in [9.17, 15) is 13.2 Å². The van der Waals surface area contributed by atoms with Gasteiger partial charge in [0.25, 0.3) is 0 Å². The van der Waals surface area contributed by atoms with Gasteiger partial charge in [0, 0.05) is 32.4 Å². The van der Waals surface area contributed by atoms with Gasteiger partial charge >= 0.3 is 6.18 Å². The second kappa shape index (κ2) is 10.2. The molecule has 0 spiro atoms. The zero-order valence-electron chi connectivity index (χ0n) is 14.4. The minimum absolute atomic E-state index is 0. The molecule has 0 radical (unpaired) electrons. The monoisotopic (exact) mass is 483 g/mol. The van der Waals surface area contributed by atoms with Gasteiger partial charge in [-0.25, -0.2) is 0 Å². The number of nitrogens with one attached hydrogen (secondary N) is 2. The van der Waals surface area contributed by atoms with Crippen LogP contribution in [0.15, 0.2) is 41.5 Å². The number of ether oxygens (including phenoxy) is 1. The average Bonchev–Trinajstić information content (AvgIpc) is 2.96. The Balaban J connectivity index is 0.00000338. The number of aliphatic imine (C=N–C) groups is 1. The van der Waals surface area contributed by atoms with Crippen molar-refractivity contribution in [2.45, 2.75) is 12.7 Å². The molecule has 2 rings (SSSR count). The molecule has 26 heavy (non-hydrogen) atoms. The number of halogens is 4. The summed E-state index contributed by atoms with van der Waals surface area (Å²) >= 11 is 0. The molecule has 1 aromatic heterocycles. The first kappa shape index (κ1) is 22.1. The van der Waals surface area contributed by atoms with E-state index in [-0.39, 0.29) is 36.1 Å². The standard InChI is InChI=1S/C16H20F3N5O.HI/c1-20-15(21-8-9-25-13-6-4-3-5-7-13)22-10-12-11-24(2)23-14(12)16(17,18)19;/h3-7,11H,8-10H2,1-2H3,(H2,20,21,22);1H. The molecule has 0 bridgehead atoms. The minimum Gasteiger partial charge on any atom is -0.492 e. The average molecular weight is 483 g/mol. The van der Waals surface area contributed by atoms with Gasteiger partial charge in [0.1, 0.15) is 12.4 Å². The lowest BCUT2D eigenvalue weighted by Gasteiger charge is -2.13. The van der Waals surface area contributed by atoms with E-state index in [4.69, 9.17) is 4.74 Å². The van der Waals surface area contributed by atoms with Crippen LogP contribution in [-0.4, -0.2) is 35.9 Å². The number of benzene rings is 1. The Morgan fingerprint density at radius 3 is 2.54 bits per heavy atom. The summed E-state index contributed by atoms with van der Waals surface area (Å²) in [5.74, 6) is 1.13. The van der Waals surface area contributed by atoms with Gasteiger partial charge in [0.15, 0.2) is 11.7 Å². The maximum atomic E-state index is 12.9. The Hall–Kier alpha value is -1.98. The van der Waals surface area contributed by atoms with Gasteiger partial charge in [-0.1, -0.05) is 18.2 Å². The molecular weight excluding hydrogens is 462 g/mol. The van der Waals surface area contributed by atoms with Gasteiger partial charge in [0.2, 0.25) is 0 Å². The van der Waals surface area contributed by atoms with Crippen molar-refractivity contribution >= 4 is 29.9 Å². The highest BCUT2D eigenvalue weighted by molar-refractivity contribution is 14.0. The van der Waals surface area contributed by atoms with Crippen molar-refractivity contribution in [3.63, 3.8) is 0 Å². The number of aromatic nitrogens is 2. The van der Waals surface area contributed by atoms with Crippen molar-refractivity contribution in [2.24, 2.45) is 12.0 Å². The van der Waals surface area contributed by atoms with Crippen LogP contribution in [0.25, 0.3) is 0 Å². The highest BCUT2D eigenvalue weighted by Crippen LogP contribution is 2.30. The predicted molar refractivity (Wildman–Crippen MR) is 104 cm³/mol. The van der Waals surface area contributed by atoms with Crippen LogP contribution in [0.1, 0.15) is 11.3 Å². The molecule has 0 fully saturated rings. The molecule has 2 aromatic rings. The van der Waals surface area contributed by atoms with Crippen molar-refractivity contribution in [1.82, 2.24) is 20.4 Å². The zero-order chi connectivity index (χ0) is 18.3. The van der Waals surface area contributed by atoms with E-state index in [2.05, 4.69) is 20.7 Å². The highest BCUT2D eigenvalue weighted by atomic mass is 127. The number of rotatable bonds is 6. The quantitative estimate of drug-likeness (QED) is 0.287. The van der Waals surface area contributed by atoms with E-state index in [0.717, 1.165) is 10.4 Å². The zero-order valence-corrected chi connectivity index (χ0v) is 16.7. The number of guanidine groups is 1. The van der Waals surface area contributed by atoms with E-state index in [1.54, 1.807) is 7.05 Å². The van der Waals surface area contributed by atoms with Crippen molar-refractivity contribution < 1.29 is 17.9 Å². The Morgan fingerprint density at radius 1 is 1.23 bits per heavy atom. The van der Waals surface area contributed by atoms with Gasteiger partial charge in [-0.2, -0.15) is 18.3 Å². The summed E-state index contributed by atoms with van der Waals surface area (Å²) < 4.78 is 45.4. The maximum absolute atomic E-state index is 12.9. The van der Waals surface area contributed by atoms with Crippen LogP contribution in [-0.2, 0) is 19.8 Å². The van der Waals surface area contributed by atoms with Crippen LogP contribution < -0.4 is 15.4 Å². The first-order valence-corrected chi connectivity index (χ1v) is 7.62. The van der Waals surface area contributed by atoms with Crippen molar-refractivity contribution in [3.8, 4) is 5.75 Å². The molecule has 2 N–H and O–H groups in total. The van der Waals surface area contributed by atoms with Crippen LogP contribution in [0.2, 0.25) is 0 Å². The van der Waals surface area contributed by atoms with Gasteiger partial charge in [0.05, 0.1) is 6.54 Å². The third-order valence-corrected chi connectivity index (χ3v) is 3.25. The van der Waals surface area contributed by atoms with Crippen molar-refractivity contribution in [2.75, 3.05) is 20.2 Å². The molecule has 0 saturated carbocycles. The normalized spacial score (nSPS) is 11.7. The molecule has 0 aliphatic carbocycles. The van der Waals surface area contributed by atoms with Gasteiger partial charge in [-0.15, -0.1) is 24.0 Å². The molecule has 10 heteroatoms. The second-order valence-electron chi connectivity index (χ2n) is 5.19. The molecule has 0 saturated heterocycles. The van der Waals surface area contributed by atoms with E-state index < -0.39 is 11.9 Å². The first-order chi connectivity index (χ1) is 11.9. The Morgan fingerprint density at radius 2 is 1.92 bits per heavy atom. The van der Waals surface area contributed by atoms with Crippen molar-refractivity contribution in [1.29, 1.82) is 0 Å². The number of para-hydroxylation sites is 1. The third-order valence-electron chi connectivity index (χ3n) is 3.25. The van der Waals surface area contributed by atoms with Crippen LogP contribution in [0, 0.1) is 0 Å². The molecule has 0 unspecified atom stereocenters. The predicted octanol–water partition coefficient (Wildman–Crippen LogP) is 2.80. The Bertz CT molecular complexity index is 704. The molecule has 0 aliphatic heterocycles. The van der Waals surface area contributed by atoms with Gasteiger partial charge < -0.3 is 15.4 Å². The van der Waals surface area contributed by atoms with E-state index in [1.807, 2.05) is 30.3 Å². The molecule has 0 aliphatic rings. The van der Waals surface area contributed by atoms with Gasteiger partial charge in [-0.05, 0) is 12.1 Å². The van der Waals surface area contributed by atoms with Crippen LogP contribution in [0.4, 0.5) is 13.2 Å². The lowest BCUT2D eigenvalue weighted by atomic mass is 10.2. The highest BCUT2D eigenvalue weighted by Gasteiger charge is 2.36. The first-order valence-electron chi connectivity index (χ1n) is 7.62. The SMILES string of the molecule is CN=C(NCCOc1ccccc1)NCc1cn(C)nc1C(F)(F)F.I. The fraction of sp³-hybridized carbons (Fsp3) is 0.375. The smallest absolute Gasteiger partial charge is 0.435 e. The number of nitrogens with zero attached hydrogens (tertiary/aromatic N) is 3. The summed E-state index contributed by atoms with van der Waals surface area (Å²) in [5, 5.41) is 9.29. The lowest BCUT2D eigenvalue weighted by molar-refractivity contribution is -0.142. The molecule has 0 atom stereocenters. The molecule has 1 heterocycles. The van der Waals surface area contributed by atoms with E-state index >= 15 is 0 Å². The van der Waals surface area contributed by atoms with Crippen LogP contribution >= 0.6 is 24.0 Å². The maximum Gasteiger partial charge on any atom is 0.435 e. The van der Waals surface area contributed by atoms with Gasteiger partial charge in [-0.3, -0.25) is 9.67 Å². The number of aryl methyl sites for hydroxylation is 1. The molecule has 144 valence electrons. The largest absolute Gasteiger partial charge is 0.492 e. The second-order valence-corrected chi connectivity index (χ2v) is 5.19. The fourth-order valence-corrected chi connectivity index (χ4v) is 2.16. The summed E-state index contributed by atoms with van der Waals surface area (Å²) in [4.78, 5) is 3.98. The molecule has 1 aromatic carbocycles. The summed E-state index contributed by atoms with van der Waals surface area (Å²) in [7, 11) is 2.99. The number of hydrogen-bond acceptors (Lipinski definition) is 3. The summed E-state index contributed by atoms with van der Waals surface area (Å²) in [5.41, 5.74) is -0.844. The number of alkyl halides is 3.